The van der Waals surface area contributed by atoms with Gasteiger partial charge in [0, 0.05) is 23.4 Å². The highest BCUT2D eigenvalue weighted by Crippen LogP contribution is 2.24. The molecular weight excluding hydrogens is 394 g/mol. The Morgan fingerprint density at radius 2 is 2.07 bits per heavy atom. The highest BCUT2D eigenvalue weighted by atomic mass is 35.5. The van der Waals surface area contributed by atoms with Gasteiger partial charge in [-0.1, -0.05) is 28.9 Å². The third-order valence-electron chi connectivity index (χ3n) is 4.61. The number of carbonyl (C=O) groups is 1. The maximum atomic E-state index is 12.3. The summed E-state index contributed by atoms with van der Waals surface area (Å²) in [6, 6.07) is 7.23. The lowest BCUT2D eigenvalue weighted by Gasteiger charge is -2.10. The van der Waals surface area contributed by atoms with E-state index < -0.39 is 0 Å². The molecule has 0 spiro atoms. The van der Waals surface area contributed by atoms with E-state index in [1.165, 1.54) is 6.33 Å². The van der Waals surface area contributed by atoms with Gasteiger partial charge in [0.15, 0.2) is 0 Å². The van der Waals surface area contributed by atoms with Gasteiger partial charge in [-0.25, -0.2) is 9.50 Å². The van der Waals surface area contributed by atoms with Crippen LogP contribution in [0.5, 0.6) is 0 Å². The molecule has 0 aliphatic rings. The molecule has 10 heteroatoms. The van der Waals surface area contributed by atoms with Gasteiger partial charge in [0.1, 0.15) is 6.33 Å². The van der Waals surface area contributed by atoms with Crippen LogP contribution in [0.3, 0.4) is 0 Å². The summed E-state index contributed by atoms with van der Waals surface area (Å²) in [5.74, 6) is 1.13. The van der Waals surface area contributed by atoms with E-state index in [0.29, 0.717) is 40.9 Å². The molecule has 9 nitrogen and oxygen atoms in total. The summed E-state index contributed by atoms with van der Waals surface area (Å²) in [4.78, 5) is 25.1. The molecule has 0 unspecified atom stereocenters. The van der Waals surface area contributed by atoms with Crippen LogP contribution in [0, 0.1) is 13.8 Å². The van der Waals surface area contributed by atoms with Crippen molar-refractivity contribution in [3.63, 3.8) is 0 Å². The van der Waals surface area contributed by atoms with Crippen LogP contribution in [-0.4, -0.2) is 35.6 Å². The Hall–Kier alpha value is -3.33. The monoisotopic (exact) mass is 411 g/mol. The molecule has 3 heterocycles. The van der Waals surface area contributed by atoms with Crippen LogP contribution in [0.1, 0.15) is 29.3 Å². The molecule has 1 N–H and O–H groups in total. The Kier molecular flexibility index (Phi) is 5.22. The molecule has 0 bridgehead atoms. The van der Waals surface area contributed by atoms with Crippen molar-refractivity contribution in [3.05, 3.63) is 58.5 Å². The van der Waals surface area contributed by atoms with E-state index in [0.717, 1.165) is 17.0 Å². The number of fused-ring (bicyclic) bond motifs is 1. The van der Waals surface area contributed by atoms with E-state index in [9.17, 15) is 4.79 Å². The fourth-order valence-corrected chi connectivity index (χ4v) is 3.32. The van der Waals surface area contributed by atoms with Crippen molar-refractivity contribution in [2.24, 2.45) is 0 Å². The Balaban J connectivity index is 1.36. The van der Waals surface area contributed by atoms with Crippen LogP contribution in [-0.2, 0) is 17.8 Å². The van der Waals surface area contributed by atoms with E-state index in [4.69, 9.17) is 16.1 Å². The van der Waals surface area contributed by atoms with Gasteiger partial charge >= 0.3 is 0 Å². The van der Waals surface area contributed by atoms with Crippen molar-refractivity contribution < 1.29 is 9.32 Å². The van der Waals surface area contributed by atoms with Gasteiger partial charge in [0.05, 0.1) is 11.6 Å². The lowest BCUT2D eigenvalue weighted by molar-refractivity contribution is -0.121. The molecule has 0 aliphatic carbocycles. The number of halogens is 1. The van der Waals surface area contributed by atoms with Crippen molar-refractivity contribution in [3.8, 4) is 11.4 Å². The number of rotatable bonds is 6. The number of aromatic nitrogens is 6. The summed E-state index contributed by atoms with van der Waals surface area (Å²) in [7, 11) is 0. The van der Waals surface area contributed by atoms with Crippen molar-refractivity contribution in [1.29, 1.82) is 0 Å². The first kappa shape index (κ1) is 19.0. The highest BCUT2D eigenvalue weighted by Gasteiger charge is 2.14. The minimum atomic E-state index is -0.125. The van der Waals surface area contributed by atoms with Crippen molar-refractivity contribution >= 4 is 23.3 Å². The van der Waals surface area contributed by atoms with Gasteiger partial charge in [0.2, 0.25) is 17.6 Å². The number of nitrogens with one attached hydrogen (secondary N) is 1. The lowest BCUT2D eigenvalue weighted by atomic mass is 10.1. The first-order valence-electron chi connectivity index (χ1n) is 9.03. The number of amides is 1. The first-order chi connectivity index (χ1) is 14.0. The molecule has 0 radical (unpaired) electrons. The number of hydrogen-bond acceptors (Lipinski definition) is 7. The molecule has 0 saturated carbocycles. The molecule has 4 rings (SSSR count). The van der Waals surface area contributed by atoms with E-state index >= 15 is 0 Å². The normalized spacial score (nSPS) is 11.1. The van der Waals surface area contributed by atoms with Crippen LogP contribution in [0.2, 0.25) is 5.02 Å². The average Bonchev–Trinajstić information content (AvgIpc) is 3.36. The van der Waals surface area contributed by atoms with Crippen LogP contribution in [0.25, 0.3) is 17.2 Å². The maximum Gasteiger partial charge on any atom is 0.252 e. The van der Waals surface area contributed by atoms with Crippen molar-refractivity contribution in [2.45, 2.75) is 33.2 Å². The predicted molar refractivity (Wildman–Crippen MR) is 105 cm³/mol. The van der Waals surface area contributed by atoms with Gasteiger partial charge in [-0.3, -0.25) is 4.79 Å². The minimum Gasteiger partial charge on any atom is -0.347 e. The zero-order chi connectivity index (χ0) is 20.4. The molecular formula is C19H18ClN7O2. The second-order valence-corrected chi connectivity index (χ2v) is 6.91. The fourth-order valence-electron chi connectivity index (χ4n) is 3.10. The quantitative estimate of drug-likeness (QED) is 0.519. The summed E-state index contributed by atoms with van der Waals surface area (Å²) in [6.45, 7) is 4.00. The number of hydrogen-bond donors (Lipinski definition) is 1. The van der Waals surface area contributed by atoms with Gasteiger partial charge < -0.3 is 9.84 Å². The zero-order valence-electron chi connectivity index (χ0n) is 15.9. The summed E-state index contributed by atoms with van der Waals surface area (Å²) in [5.41, 5.74) is 3.44. The molecule has 1 aromatic carbocycles. The largest absolute Gasteiger partial charge is 0.347 e. The molecule has 4 aromatic rings. The highest BCUT2D eigenvalue weighted by molar-refractivity contribution is 6.33. The maximum absolute atomic E-state index is 12.3. The predicted octanol–water partition coefficient (Wildman–Crippen LogP) is 2.69. The fraction of sp³-hybridized carbons (Fsp3) is 0.263. The van der Waals surface area contributed by atoms with Gasteiger partial charge in [-0.2, -0.15) is 15.1 Å². The molecule has 0 saturated heterocycles. The summed E-state index contributed by atoms with van der Waals surface area (Å²) < 4.78 is 6.88. The van der Waals surface area contributed by atoms with Gasteiger partial charge in [0.25, 0.3) is 5.78 Å². The Labute approximate surface area is 171 Å². The SMILES string of the molecule is Cc1nc2ncnn2c(C)c1CCC(=O)NCc1nc(-c2ccccc2Cl)no1. The third-order valence-corrected chi connectivity index (χ3v) is 4.94. The van der Waals surface area contributed by atoms with E-state index in [1.807, 2.05) is 26.0 Å². The number of benzene rings is 1. The van der Waals surface area contributed by atoms with Crippen molar-refractivity contribution in [1.82, 2.24) is 35.0 Å². The Morgan fingerprint density at radius 3 is 2.90 bits per heavy atom. The molecule has 0 aliphatic heterocycles. The molecule has 3 aromatic heterocycles. The smallest absolute Gasteiger partial charge is 0.252 e. The standard InChI is InChI=1S/C19H18ClN7O2/c1-11-13(12(2)27-19(24-11)22-10-23-27)7-8-16(28)21-9-17-25-18(26-29-17)14-5-3-4-6-15(14)20/h3-6,10H,7-9H2,1-2H3,(H,21,28). The van der Waals surface area contributed by atoms with Crippen molar-refractivity contribution in [2.75, 3.05) is 0 Å². The van der Waals surface area contributed by atoms with Crippen LogP contribution in [0.4, 0.5) is 0 Å². The van der Waals surface area contributed by atoms with E-state index in [1.54, 1.807) is 16.6 Å². The Morgan fingerprint density at radius 1 is 1.24 bits per heavy atom. The first-order valence-corrected chi connectivity index (χ1v) is 9.40. The molecule has 148 valence electrons. The van der Waals surface area contributed by atoms with Crippen LogP contribution < -0.4 is 5.32 Å². The Bertz CT molecular complexity index is 1180. The number of carbonyl (C=O) groups excluding carboxylic acids is 1. The summed E-state index contributed by atoms with van der Waals surface area (Å²) in [5, 5.41) is 11.4. The lowest BCUT2D eigenvalue weighted by Crippen LogP contribution is -2.23. The molecule has 29 heavy (non-hydrogen) atoms. The topological polar surface area (TPSA) is 111 Å². The number of aryl methyl sites for hydroxylation is 2. The second-order valence-electron chi connectivity index (χ2n) is 6.50. The zero-order valence-corrected chi connectivity index (χ0v) is 16.6. The summed E-state index contributed by atoms with van der Waals surface area (Å²) in [6.07, 6.45) is 2.31. The van der Waals surface area contributed by atoms with E-state index in [-0.39, 0.29) is 12.5 Å². The molecule has 0 atom stereocenters. The van der Waals surface area contributed by atoms with Crippen LogP contribution >= 0.6 is 11.6 Å². The molecule has 1 amide bonds. The van der Waals surface area contributed by atoms with Gasteiger partial charge in [-0.05, 0) is 38.0 Å². The molecule has 0 fully saturated rings. The van der Waals surface area contributed by atoms with Crippen LogP contribution in [0.15, 0.2) is 35.1 Å². The minimum absolute atomic E-state index is 0.125. The third kappa shape index (κ3) is 3.95. The number of nitrogens with zero attached hydrogens (tertiary/aromatic N) is 6. The van der Waals surface area contributed by atoms with E-state index in [2.05, 4.69) is 30.5 Å². The van der Waals surface area contributed by atoms with Gasteiger partial charge in [-0.15, -0.1) is 0 Å². The average molecular weight is 412 g/mol. The second kappa shape index (κ2) is 7.96. The summed E-state index contributed by atoms with van der Waals surface area (Å²) >= 11 is 6.14.